The van der Waals surface area contributed by atoms with E-state index in [0.717, 1.165) is 29.5 Å². The average Bonchev–Trinajstić information content (AvgIpc) is 3.58. The van der Waals surface area contributed by atoms with E-state index < -0.39 is 63.7 Å². The van der Waals surface area contributed by atoms with Gasteiger partial charge in [-0.2, -0.15) is 4.31 Å². The molecule has 4 aliphatic carbocycles. The number of urea groups is 1. The first-order chi connectivity index (χ1) is 27.8. The highest BCUT2D eigenvalue weighted by Crippen LogP contribution is 2.85. The van der Waals surface area contributed by atoms with Crippen LogP contribution in [0.3, 0.4) is 0 Å². The third kappa shape index (κ3) is 6.70. The summed E-state index contributed by atoms with van der Waals surface area (Å²) in [7, 11) is -3.76. The van der Waals surface area contributed by atoms with Gasteiger partial charge in [-0.05, 0) is 83.9 Å². The number of benzene rings is 2. The molecule has 2 aromatic carbocycles. The first-order valence-corrected chi connectivity index (χ1v) is 22.0. The third-order valence-electron chi connectivity index (χ3n) is 14.4. The molecule has 4 N–H and O–H groups in total. The van der Waals surface area contributed by atoms with Gasteiger partial charge in [-0.25, -0.2) is 13.2 Å². The number of nitrogens with one attached hydrogen (secondary N) is 4. The molecule has 14 heteroatoms. The van der Waals surface area contributed by atoms with E-state index in [2.05, 4.69) is 47.6 Å². The number of amides is 5. The zero-order chi connectivity index (χ0) is 41.1. The number of terminal acetylenes is 1. The Morgan fingerprint density at radius 2 is 1.64 bits per heavy atom. The largest absolute Gasteiger partial charge is 0.346 e. The van der Waals surface area contributed by atoms with Crippen LogP contribution in [0.2, 0.25) is 0 Å². The van der Waals surface area contributed by atoms with Crippen LogP contribution in [-0.2, 0) is 48.6 Å². The van der Waals surface area contributed by atoms with Gasteiger partial charge in [0.05, 0.1) is 10.9 Å². The number of likely N-dealkylation sites (tertiary alicyclic amines) is 1. The van der Waals surface area contributed by atoms with E-state index in [9.17, 15) is 27.6 Å². The smallest absolute Gasteiger partial charge is 0.315 e. The Labute approximate surface area is 340 Å². The maximum atomic E-state index is 15.1. The number of Topliss-reactive ketones (excluding diaryl/α,β-unsaturated/α-hetero) is 1. The Morgan fingerprint density at radius 3 is 2.26 bits per heavy atom. The molecule has 58 heavy (non-hydrogen) atoms. The molecule has 0 bridgehead atoms. The molecule has 3 unspecified atom stereocenters. The van der Waals surface area contributed by atoms with Gasteiger partial charge in [0.25, 0.3) is 5.91 Å². The van der Waals surface area contributed by atoms with Gasteiger partial charge >= 0.3 is 6.03 Å². The fourth-order valence-corrected chi connectivity index (χ4v) is 13.1. The molecule has 2 aliphatic heterocycles. The maximum absolute atomic E-state index is 15.1. The van der Waals surface area contributed by atoms with Crippen LogP contribution >= 0.6 is 0 Å². The predicted octanol–water partition coefficient (Wildman–Crippen LogP) is 2.55. The highest BCUT2D eigenvalue weighted by Gasteiger charge is 2.85. The van der Waals surface area contributed by atoms with E-state index in [1.807, 2.05) is 36.4 Å². The number of carbonyl (C=O) groups is 5. The van der Waals surface area contributed by atoms with E-state index in [1.165, 1.54) is 10.4 Å². The minimum absolute atomic E-state index is 0.0484. The number of nitrogens with zero attached hydrogens (tertiary/aromatic N) is 2. The molecule has 2 aromatic rings. The second-order valence-electron chi connectivity index (χ2n) is 17.2. The average molecular weight is 809 g/mol. The highest BCUT2D eigenvalue weighted by molar-refractivity contribution is 7.89. The summed E-state index contributed by atoms with van der Waals surface area (Å²) in [6.07, 6.45) is 10.3. The van der Waals surface area contributed by atoms with Crippen molar-refractivity contribution >= 4 is 39.6 Å². The Bertz CT molecular complexity index is 2170. The van der Waals surface area contributed by atoms with Gasteiger partial charge in [-0.15, -0.1) is 18.9 Å². The lowest BCUT2D eigenvalue weighted by Gasteiger charge is -2.34. The summed E-state index contributed by atoms with van der Waals surface area (Å²) in [4.78, 5) is 71.3. The number of fused-ring (bicyclic) bond motifs is 4. The van der Waals surface area contributed by atoms with Gasteiger partial charge in [0, 0.05) is 38.0 Å². The number of carbonyl (C=O) groups excluding carboxylic acids is 5. The Morgan fingerprint density at radius 1 is 0.966 bits per heavy atom. The van der Waals surface area contributed by atoms with Gasteiger partial charge in [0.1, 0.15) is 18.1 Å². The van der Waals surface area contributed by atoms with Gasteiger partial charge in [0.15, 0.2) is 0 Å². The normalized spacial score (nSPS) is 30.0. The van der Waals surface area contributed by atoms with Crippen LogP contribution in [0.5, 0.6) is 0 Å². The Hall–Kier alpha value is -5.00. The quantitative estimate of drug-likeness (QED) is 0.129. The van der Waals surface area contributed by atoms with E-state index in [0.29, 0.717) is 43.6 Å². The summed E-state index contributed by atoms with van der Waals surface area (Å²) in [5.41, 5.74) is 2.65. The first-order valence-electron chi connectivity index (χ1n) is 20.5. The molecule has 3 saturated carbocycles. The van der Waals surface area contributed by atoms with Crippen LogP contribution in [0.4, 0.5) is 4.79 Å². The van der Waals surface area contributed by atoms with Crippen molar-refractivity contribution in [1.29, 1.82) is 0 Å². The van der Waals surface area contributed by atoms with Crippen molar-refractivity contribution in [3.63, 3.8) is 0 Å². The second-order valence-corrected chi connectivity index (χ2v) is 19.1. The van der Waals surface area contributed by atoms with Crippen molar-refractivity contribution in [3.8, 4) is 12.3 Å². The predicted molar refractivity (Wildman–Crippen MR) is 215 cm³/mol. The molecule has 0 spiro atoms. The van der Waals surface area contributed by atoms with E-state index in [1.54, 1.807) is 17.0 Å². The lowest BCUT2D eigenvalue weighted by Crippen LogP contribution is -2.61. The van der Waals surface area contributed by atoms with Crippen LogP contribution < -0.4 is 21.3 Å². The Kier molecular flexibility index (Phi) is 10.5. The molecule has 0 aromatic heterocycles. The van der Waals surface area contributed by atoms with Crippen molar-refractivity contribution in [3.05, 3.63) is 77.9 Å². The van der Waals surface area contributed by atoms with Gasteiger partial charge in [-0.1, -0.05) is 68.8 Å². The number of rotatable bonds is 14. The van der Waals surface area contributed by atoms with E-state index in [-0.39, 0.29) is 54.1 Å². The van der Waals surface area contributed by atoms with Crippen molar-refractivity contribution in [1.82, 2.24) is 30.5 Å². The fraction of sp³-hybridized carbons (Fsp3) is 0.523. The molecular weight excluding hydrogens is 757 g/mol. The second kappa shape index (κ2) is 15.3. The summed E-state index contributed by atoms with van der Waals surface area (Å²) in [6.45, 7) is 8.52. The molecule has 0 radical (unpaired) electrons. The van der Waals surface area contributed by atoms with Crippen LogP contribution in [0, 0.1) is 53.3 Å². The molecule has 8 atom stereocenters. The molecule has 4 fully saturated rings. The van der Waals surface area contributed by atoms with E-state index in [4.69, 9.17) is 6.42 Å². The maximum Gasteiger partial charge on any atom is 0.315 e. The molecule has 306 valence electrons. The van der Waals surface area contributed by atoms with Crippen LogP contribution in [-0.4, -0.2) is 91.0 Å². The third-order valence-corrected chi connectivity index (χ3v) is 16.3. The number of hydrogen-bond donors (Lipinski definition) is 4. The van der Waals surface area contributed by atoms with Crippen molar-refractivity contribution in [2.24, 2.45) is 40.9 Å². The minimum atomic E-state index is -3.76. The molecule has 1 saturated heterocycles. The standard InChI is InChI=1S/C44H52N6O7S/c1-5-12-33(39(51)41(53)45-19-6-2)46-40(52)38-32-17-11-16-29(32)23-50(38)42(54)37(31-20-27-13-7-8-14-28(27)21-31)48-43(55)47-35(44-25(3)36(44)26(44)4)24-49-22-30-15-9-10-18-34(30)58(49,56)57/h1,6-10,13-15,18,25-26,29,31-33,35-38H,2,11-12,16-17,19-24H2,3-4H3,(H,45,53)(H,46,52)(H2,47,48,55)/t25?,26?,29-,32-,33?,35+,36?,37-,38-,44?/m0/s1. The molecule has 13 nitrogen and oxygen atoms in total. The number of hydrogen-bond acceptors (Lipinski definition) is 7. The zero-order valence-electron chi connectivity index (χ0n) is 33.0. The van der Waals surface area contributed by atoms with E-state index >= 15 is 4.79 Å². The molecular formula is C44H52N6O7S. The van der Waals surface area contributed by atoms with Gasteiger partial charge in [0.2, 0.25) is 27.6 Å². The molecule has 6 aliphatic rings. The molecule has 5 amide bonds. The summed E-state index contributed by atoms with van der Waals surface area (Å²) in [5.74, 6) is 0.196. The SMILES string of the molecule is C#CCC(NC(=O)[C@@H]1[C@H]2CCC[C@H]2CN1C(=O)[C@@H](NC(=O)N[C@H](CN1Cc2ccccc2S1(=O)=O)C12C(C)C1C2C)C1Cc2ccccc2C1)C(=O)C(=O)NCC=C. The minimum Gasteiger partial charge on any atom is -0.346 e. The van der Waals surface area contributed by atoms with Crippen molar-refractivity contribution < 1.29 is 32.4 Å². The lowest BCUT2D eigenvalue weighted by molar-refractivity contribution is -0.143. The van der Waals surface area contributed by atoms with Crippen molar-refractivity contribution in [2.45, 2.75) is 88.0 Å². The van der Waals surface area contributed by atoms with Crippen LogP contribution in [0.25, 0.3) is 0 Å². The topological polar surface area (TPSA) is 174 Å². The summed E-state index contributed by atoms with van der Waals surface area (Å²) in [5, 5.41) is 11.4. The summed E-state index contributed by atoms with van der Waals surface area (Å²) < 4.78 is 28.8. The summed E-state index contributed by atoms with van der Waals surface area (Å²) in [6, 6.07) is 10.6. The summed E-state index contributed by atoms with van der Waals surface area (Å²) >= 11 is 0. The fourth-order valence-electron chi connectivity index (χ4n) is 11.5. The van der Waals surface area contributed by atoms with Gasteiger partial charge < -0.3 is 26.2 Å². The van der Waals surface area contributed by atoms with Crippen molar-refractivity contribution in [2.75, 3.05) is 19.6 Å². The monoisotopic (exact) mass is 808 g/mol. The Balaban J connectivity index is 1.05. The first kappa shape index (κ1) is 39.8. The number of ketones is 1. The molecule has 2 heterocycles. The number of sulfonamides is 1. The molecule has 8 rings (SSSR count). The highest BCUT2D eigenvalue weighted by atomic mass is 32.2. The van der Waals surface area contributed by atoms with Crippen LogP contribution in [0.1, 0.15) is 56.2 Å². The van der Waals surface area contributed by atoms with Crippen LogP contribution in [0.15, 0.2) is 66.1 Å². The van der Waals surface area contributed by atoms with Gasteiger partial charge in [-0.3, -0.25) is 19.2 Å². The zero-order valence-corrected chi connectivity index (χ0v) is 33.8. The lowest BCUT2D eigenvalue weighted by atomic mass is 9.91.